The summed E-state index contributed by atoms with van der Waals surface area (Å²) in [7, 11) is 0. The number of nitrogens with zero attached hydrogens (tertiary/aromatic N) is 3. The Labute approximate surface area is 92.5 Å². The Morgan fingerprint density at radius 1 is 1.50 bits per heavy atom. The second-order valence-corrected chi connectivity index (χ2v) is 3.37. The fraction of sp³-hybridized carbons (Fsp3) is 0.182. The monoisotopic (exact) mass is 217 g/mol. The van der Waals surface area contributed by atoms with Crippen LogP contribution >= 0.6 is 0 Å². The molecule has 5 heteroatoms. The standard InChI is InChI=1S/C11H11N3O2/c1-2-9-8-10(14(15)16)4-5-11(9)13-7-3-6-12-13/h3-8H,2H2,1H3. The number of nitro groups is 1. The molecule has 0 atom stereocenters. The van der Waals surface area contributed by atoms with Gasteiger partial charge in [0.15, 0.2) is 0 Å². The third kappa shape index (κ3) is 1.79. The molecule has 1 aromatic heterocycles. The molecular weight excluding hydrogens is 206 g/mol. The molecule has 5 nitrogen and oxygen atoms in total. The van der Waals surface area contributed by atoms with Crippen molar-refractivity contribution >= 4 is 5.69 Å². The quantitative estimate of drug-likeness (QED) is 0.585. The zero-order valence-electron chi connectivity index (χ0n) is 8.83. The van der Waals surface area contributed by atoms with Crippen LogP contribution in [0.2, 0.25) is 0 Å². The molecule has 1 aromatic carbocycles. The number of aromatic nitrogens is 2. The van der Waals surface area contributed by atoms with Crippen molar-refractivity contribution in [2.75, 3.05) is 0 Å². The first kappa shape index (κ1) is 10.4. The first-order valence-electron chi connectivity index (χ1n) is 4.99. The fourth-order valence-corrected chi connectivity index (χ4v) is 1.60. The molecule has 0 N–H and O–H groups in total. The van der Waals surface area contributed by atoms with E-state index < -0.39 is 0 Å². The van der Waals surface area contributed by atoms with Gasteiger partial charge >= 0.3 is 0 Å². The lowest BCUT2D eigenvalue weighted by Crippen LogP contribution is -2.00. The number of benzene rings is 1. The molecule has 0 unspecified atom stereocenters. The number of nitro benzene ring substituents is 1. The van der Waals surface area contributed by atoms with Crippen LogP contribution in [0.4, 0.5) is 5.69 Å². The Morgan fingerprint density at radius 3 is 2.88 bits per heavy atom. The lowest BCUT2D eigenvalue weighted by molar-refractivity contribution is -0.384. The minimum atomic E-state index is -0.383. The van der Waals surface area contributed by atoms with Crippen LogP contribution in [0.3, 0.4) is 0 Å². The Bertz CT molecular complexity index is 506. The van der Waals surface area contributed by atoms with Crippen LogP contribution in [0.5, 0.6) is 0 Å². The Kier molecular flexibility index (Phi) is 2.68. The lowest BCUT2D eigenvalue weighted by Gasteiger charge is -2.07. The van der Waals surface area contributed by atoms with E-state index in [-0.39, 0.29) is 10.6 Å². The predicted octanol–water partition coefficient (Wildman–Crippen LogP) is 2.34. The van der Waals surface area contributed by atoms with Crippen molar-refractivity contribution in [3.05, 3.63) is 52.3 Å². The van der Waals surface area contributed by atoms with Gasteiger partial charge in [-0.05, 0) is 24.1 Å². The molecule has 2 aromatic rings. The SMILES string of the molecule is CCc1cc([N+](=O)[O-])ccc1-n1cccn1. The van der Waals surface area contributed by atoms with E-state index in [1.165, 1.54) is 6.07 Å². The molecule has 0 saturated carbocycles. The Morgan fingerprint density at radius 2 is 2.31 bits per heavy atom. The summed E-state index contributed by atoms with van der Waals surface area (Å²) in [4.78, 5) is 10.3. The van der Waals surface area contributed by atoms with E-state index in [1.54, 1.807) is 23.0 Å². The number of hydrogen-bond acceptors (Lipinski definition) is 3. The van der Waals surface area contributed by atoms with Gasteiger partial charge in [0, 0.05) is 24.5 Å². The number of non-ortho nitro benzene ring substituents is 1. The zero-order chi connectivity index (χ0) is 11.5. The van der Waals surface area contributed by atoms with E-state index in [4.69, 9.17) is 0 Å². The molecule has 0 radical (unpaired) electrons. The minimum absolute atomic E-state index is 0.118. The molecular formula is C11H11N3O2. The average Bonchev–Trinajstić information content (AvgIpc) is 2.81. The van der Waals surface area contributed by atoms with Crippen molar-refractivity contribution < 1.29 is 4.92 Å². The van der Waals surface area contributed by atoms with Crippen LogP contribution in [-0.2, 0) is 6.42 Å². The summed E-state index contributed by atoms with van der Waals surface area (Å²) in [5, 5.41) is 14.8. The molecule has 16 heavy (non-hydrogen) atoms. The Hall–Kier alpha value is -2.17. The van der Waals surface area contributed by atoms with Gasteiger partial charge in [-0.1, -0.05) is 6.92 Å². The first-order chi connectivity index (χ1) is 7.72. The third-order valence-electron chi connectivity index (χ3n) is 2.41. The smallest absolute Gasteiger partial charge is 0.258 e. The highest BCUT2D eigenvalue weighted by molar-refractivity contribution is 5.48. The number of aryl methyl sites for hydroxylation is 1. The van der Waals surface area contributed by atoms with Crippen molar-refractivity contribution in [1.82, 2.24) is 9.78 Å². The Balaban J connectivity index is 2.51. The van der Waals surface area contributed by atoms with E-state index in [9.17, 15) is 10.1 Å². The first-order valence-corrected chi connectivity index (χ1v) is 4.99. The lowest BCUT2D eigenvalue weighted by atomic mass is 10.1. The summed E-state index contributed by atoms with van der Waals surface area (Å²) in [6, 6.07) is 6.64. The van der Waals surface area contributed by atoms with Crippen molar-refractivity contribution in [2.24, 2.45) is 0 Å². The molecule has 1 heterocycles. The van der Waals surface area contributed by atoms with Gasteiger partial charge in [-0.15, -0.1) is 0 Å². The molecule has 0 aliphatic rings. The molecule has 0 amide bonds. The molecule has 0 bridgehead atoms. The van der Waals surface area contributed by atoms with Crippen LogP contribution in [0.15, 0.2) is 36.7 Å². The largest absolute Gasteiger partial charge is 0.269 e. The van der Waals surface area contributed by atoms with Crippen LogP contribution < -0.4 is 0 Å². The third-order valence-corrected chi connectivity index (χ3v) is 2.41. The highest BCUT2D eigenvalue weighted by Crippen LogP contribution is 2.21. The van der Waals surface area contributed by atoms with E-state index in [1.807, 2.05) is 19.2 Å². The topological polar surface area (TPSA) is 61.0 Å². The summed E-state index contributed by atoms with van der Waals surface area (Å²) in [5.41, 5.74) is 1.92. The van der Waals surface area contributed by atoms with Gasteiger partial charge in [-0.25, -0.2) is 4.68 Å². The fourth-order valence-electron chi connectivity index (χ4n) is 1.60. The van der Waals surface area contributed by atoms with Crippen LogP contribution in [0.25, 0.3) is 5.69 Å². The molecule has 0 fully saturated rings. The van der Waals surface area contributed by atoms with Crippen molar-refractivity contribution in [2.45, 2.75) is 13.3 Å². The predicted molar refractivity (Wildman–Crippen MR) is 59.6 cm³/mol. The minimum Gasteiger partial charge on any atom is -0.258 e. The zero-order valence-corrected chi connectivity index (χ0v) is 8.83. The summed E-state index contributed by atoms with van der Waals surface area (Å²) < 4.78 is 1.71. The summed E-state index contributed by atoms with van der Waals surface area (Å²) in [6.07, 6.45) is 4.23. The second-order valence-electron chi connectivity index (χ2n) is 3.37. The van der Waals surface area contributed by atoms with Gasteiger partial charge in [-0.2, -0.15) is 5.10 Å². The summed E-state index contributed by atoms with van der Waals surface area (Å²) >= 11 is 0. The van der Waals surface area contributed by atoms with Crippen molar-refractivity contribution in [3.8, 4) is 5.69 Å². The van der Waals surface area contributed by atoms with Crippen LogP contribution in [0, 0.1) is 10.1 Å². The van der Waals surface area contributed by atoms with Gasteiger partial charge in [0.1, 0.15) is 0 Å². The second kappa shape index (κ2) is 4.14. The highest BCUT2D eigenvalue weighted by Gasteiger charge is 2.10. The van der Waals surface area contributed by atoms with Crippen LogP contribution in [0.1, 0.15) is 12.5 Å². The van der Waals surface area contributed by atoms with E-state index >= 15 is 0 Å². The molecule has 0 saturated heterocycles. The van der Waals surface area contributed by atoms with Crippen molar-refractivity contribution in [1.29, 1.82) is 0 Å². The molecule has 0 aliphatic heterocycles. The van der Waals surface area contributed by atoms with Gasteiger partial charge in [0.2, 0.25) is 0 Å². The normalized spacial score (nSPS) is 10.3. The average molecular weight is 217 g/mol. The maximum atomic E-state index is 10.7. The van der Waals surface area contributed by atoms with Gasteiger partial charge in [0.25, 0.3) is 5.69 Å². The van der Waals surface area contributed by atoms with Gasteiger partial charge < -0.3 is 0 Å². The van der Waals surface area contributed by atoms with E-state index in [0.717, 1.165) is 17.7 Å². The van der Waals surface area contributed by atoms with Crippen molar-refractivity contribution in [3.63, 3.8) is 0 Å². The van der Waals surface area contributed by atoms with Crippen LogP contribution in [-0.4, -0.2) is 14.7 Å². The number of hydrogen-bond donors (Lipinski definition) is 0. The van der Waals surface area contributed by atoms with Gasteiger partial charge in [0.05, 0.1) is 10.6 Å². The van der Waals surface area contributed by atoms with Gasteiger partial charge in [-0.3, -0.25) is 10.1 Å². The molecule has 82 valence electrons. The molecule has 0 spiro atoms. The summed E-state index contributed by atoms with van der Waals surface area (Å²) in [6.45, 7) is 1.96. The maximum Gasteiger partial charge on any atom is 0.269 e. The highest BCUT2D eigenvalue weighted by atomic mass is 16.6. The van der Waals surface area contributed by atoms with E-state index in [2.05, 4.69) is 5.10 Å². The van der Waals surface area contributed by atoms with E-state index in [0.29, 0.717) is 0 Å². The number of rotatable bonds is 3. The maximum absolute atomic E-state index is 10.7. The molecule has 2 rings (SSSR count). The summed E-state index contributed by atoms with van der Waals surface area (Å²) in [5.74, 6) is 0. The molecule has 0 aliphatic carbocycles.